The number of nitrogens with zero attached hydrogens (tertiary/aromatic N) is 2. The van der Waals surface area contributed by atoms with E-state index in [9.17, 15) is 5.11 Å². The summed E-state index contributed by atoms with van der Waals surface area (Å²) in [5, 5.41) is 13.1. The van der Waals surface area contributed by atoms with Crippen molar-refractivity contribution >= 4 is 22.9 Å². The fourth-order valence-corrected chi connectivity index (χ4v) is 3.58. The molecule has 0 radical (unpaired) electrons. The average Bonchev–Trinajstić information content (AvgIpc) is 2.98. The van der Waals surface area contributed by atoms with Gasteiger partial charge < -0.3 is 5.11 Å². The van der Waals surface area contributed by atoms with E-state index in [4.69, 9.17) is 11.6 Å². The van der Waals surface area contributed by atoms with Crippen molar-refractivity contribution in [2.45, 2.75) is 25.5 Å². The van der Waals surface area contributed by atoms with Gasteiger partial charge in [-0.1, -0.05) is 23.7 Å². The summed E-state index contributed by atoms with van der Waals surface area (Å²) < 4.78 is 0. The van der Waals surface area contributed by atoms with Crippen molar-refractivity contribution in [3.63, 3.8) is 0 Å². The second-order valence-electron chi connectivity index (χ2n) is 5.66. The fourth-order valence-electron chi connectivity index (χ4n) is 2.91. The Bertz CT molecular complexity index is 558. The van der Waals surface area contributed by atoms with Crippen molar-refractivity contribution in [1.29, 1.82) is 0 Å². The van der Waals surface area contributed by atoms with Crippen LogP contribution in [0.5, 0.6) is 0 Å². The van der Waals surface area contributed by atoms with Crippen LogP contribution in [-0.2, 0) is 13.0 Å². The van der Waals surface area contributed by atoms with Crippen molar-refractivity contribution in [3.8, 4) is 0 Å². The molecule has 1 fully saturated rings. The van der Waals surface area contributed by atoms with E-state index >= 15 is 0 Å². The number of benzene rings is 1. The zero-order valence-electron chi connectivity index (χ0n) is 11.8. The molecule has 0 bridgehead atoms. The molecule has 21 heavy (non-hydrogen) atoms. The van der Waals surface area contributed by atoms with Crippen molar-refractivity contribution in [1.82, 2.24) is 9.88 Å². The third-order valence-electron chi connectivity index (χ3n) is 4.06. The van der Waals surface area contributed by atoms with Crippen molar-refractivity contribution < 1.29 is 5.11 Å². The zero-order valence-corrected chi connectivity index (χ0v) is 13.4. The van der Waals surface area contributed by atoms with Crippen LogP contribution in [-0.4, -0.2) is 34.2 Å². The van der Waals surface area contributed by atoms with Gasteiger partial charge in [0.15, 0.2) is 0 Å². The predicted octanol–water partition coefficient (Wildman–Crippen LogP) is 3.22. The molecule has 0 aliphatic carbocycles. The molecule has 2 aromatic rings. The molecule has 112 valence electrons. The highest BCUT2D eigenvalue weighted by molar-refractivity contribution is 7.07. The van der Waals surface area contributed by atoms with Gasteiger partial charge in [-0.05, 0) is 30.5 Å². The predicted molar refractivity (Wildman–Crippen MR) is 86.7 cm³/mol. The zero-order chi connectivity index (χ0) is 14.7. The molecular weight excluding hydrogens is 304 g/mol. The monoisotopic (exact) mass is 322 g/mol. The lowest BCUT2D eigenvalue weighted by Gasteiger charge is -2.36. The Balaban J connectivity index is 1.61. The third-order valence-corrected chi connectivity index (χ3v) is 4.95. The van der Waals surface area contributed by atoms with Crippen LogP contribution < -0.4 is 0 Å². The topological polar surface area (TPSA) is 36.4 Å². The number of piperidine rings is 1. The Labute approximate surface area is 134 Å². The molecule has 2 atom stereocenters. The van der Waals surface area contributed by atoms with E-state index < -0.39 is 0 Å². The molecule has 3 rings (SSSR count). The number of likely N-dealkylation sites (tertiary alicyclic amines) is 1. The molecule has 0 saturated carbocycles. The first kappa shape index (κ1) is 15.0. The van der Waals surface area contributed by atoms with E-state index in [1.807, 2.05) is 17.6 Å². The smallest absolute Gasteiger partial charge is 0.0795 e. The number of rotatable bonds is 4. The molecular formula is C16H19ClN2OS. The molecule has 5 heteroatoms. The summed E-state index contributed by atoms with van der Waals surface area (Å²) in [6.07, 6.45) is 1.52. The van der Waals surface area contributed by atoms with Crippen LogP contribution in [0.25, 0.3) is 0 Å². The van der Waals surface area contributed by atoms with Crippen molar-refractivity contribution in [3.05, 3.63) is 51.4 Å². The maximum Gasteiger partial charge on any atom is 0.0795 e. The van der Waals surface area contributed by atoms with Crippen LogP contribution in [0.4, 0.5) is 0 Å². The van der Waals surface area contributed by atoms with E-state index in [0.717, 1.165) is 43.2 Å². The number of hydrogen-bond acceptors (Lipinski definition) is 4. The van der Waals surface area contributed by atoms with E-state index in [0.29, 0.717) is 0 Å². The van der Waals surface area contributed by atoms with Gasteiger partial charge in [0.25, 0.3) is 0 Å². The minimum Gasteiger partial charge on any atom is -0.393 e. The van der Waals surface area contributed by atoms with Gasteiger partial charge in [-0.3, -0.25) is 4.90 Å². The minimum absolute atomic E-state index is 0.215. The lowest BCUT2D eigenvalue weighted by molar-refractivity contribution is 0.0235. The largest absolute Gasteiger partial charge is 0.393 e. The first-order valence-corrected chi connectivity index (χ1v) is 8.55. The van der Waals surface area contributed by atoms with Gasteiger partial charge in [0.05, 0.1) is 17.3 Å². The number of thiazole rings is 1. The highest BCUT2D eigenvalue weighted by Crippen LogP contribution is 2.23. The Morgan fingerprint density at radius 2 is 2.14 bits per heavy atom. The number of aromatic nitrogens is 1. The standard InChI is InChI=1S/C16H19ClN2OS/c17-14-3-1-12(2-4-14)7-13-8-19(6-5-16(13)20)9-15-10-21-11-18-15/h1-4,10-11,13,16,20H,5-9H2/t13-,16+/m1/s1. The number of hydrogen-bond donors (Lipinski definition) is 1. The van der Waals surface area contributed by atoms with Crippen molar-refractivity contribution in [2.75, 3.05) is 13.1 Å². The maximum atomic E-state index is 10.3. The summed E-state index contributed by atoms with van der Waals surface area (Å²) in [4.78, 5) is 6.74. The van der Waals surface area contributed by atoms with Crippen LogP contribution in [0, 0.1) is 5.92 Å². The van der Waals surface area contributed by atoms with E-state index in [1.54, 1.807) is 11.3 Å². The molecule has 1 aromatic carbocycles. The maximum absolute atomic E-state index is 10.3. The second kappa shape index (κ2) is 6.88. The van der Waals surface area contributed by atoms with E-state index in [2.05, 4.69) is 27.4 Å². The van der Waals surface area contributed by atoms with Gasteiger partial charge in [0.1, 0.15) is 0 Å². The molecule has 3 nitrogen and oxygen atoms in total. The van der Waals surface area contributed by atoms with Crippen LogP contribution in [0.2, 0.25) is 5.02 Å². The normalized spacial score (nSPS) is 23.3. The number of aliphatic hydroxyl groups excluding tert-OH is 1. The Kier molecular flexibility index (Phi) is 4.91. The lowest BCUT2D eigenvalue weighted by atomic mass is 9.88. The van der Waals surface area contributed by atoms with Crippen molar-refractivity contribution in [2.24, 2.45) is 5.92 Å². The van der Waals surface area contributed by atoms with Crippen LogP contribution >= 0.6 is 22.9 Å². The molecule has 0 unspecified atom stereocenters. The summed E-state index contributed by atoms with van der Waals surface area (Å²) in [6.45, 7) is 2.74. The summed E-state index contributed by atoms with van der Waals surface area (Å²) in [5.74, 6) is 0.276. The highest BCUT2D eigenvalue weighted by Gasteiger charge is 2.28. The van der Waals surface area contributed by atoms with E-state index in [1.165, 1.54) is 5.56 Å². The number of halogens is 1. The van der Waals surface area contributed by atoms with E-state index in [-0.39, 0.29) is 12.0 Å². The minimum atomic E-state index is -0.215. The SMILES string of the molecule is O[C@H]1CCN(Cc2cscn2)C[C@H]1Cc1ccc(Cl)cc1. The molecule has 0 amide bonds. The fraction of sp³-hybridized carbons (Fsp3) is 0.438. The molecule has 1 aromatic heterocycles. The summed E-state index contributed by atoms with van der Waals surface area (Å²) in [7, 11) is 0. The molecule has 1 N–H and O–H groups in total. The van der Waals surface area contributed by atoms with Crippen LogP contribution in [0.15, 0.2) is 35.2 Å². The third kappa shape index (κ3) is 4.04. The first-order valence-electron chi connectivity index (χ1n) is 7.22. The highest BCUT2D eigenvalue weighted by atomic mass is 35.5. The first-order chi connectivity index (χ1) is 10.2. The molecule has 2 heterocycles. The lowest BCUT2D eigenvalue weighted by Crippen LogP contribution is -2.43. The van der Waals surface area contributed by atoms with Gasteiger partial charge >= 0.3 is 0 Å². The Morgan fingerprint density at radius 1 is 1.33 bits per heavy atom. The van der Waals surface area contributed by atoms with Gasteiger partial charge in [-0.2, -0.15) is 0 Å². The molecule has 1 aliphatic heterocycles. The quantitative estimate of drug-likeness (QED) is 0.939. The molecule has 1 aliphatic rings. The Morgan fingerprint density at radius 3 is 2.86 bits per heavy atom. The van der Waals surface area contributed by atoms with Gasteiger partial charge in [-0.15, -0.1) is 11.3 Å². The average molecular weight is 323 g/mol. The summed E-state index contributed by atoms with van der Waals surface area (Å²) in [6, 6.07) is 7.93. The van der Waals surface area contributed by atoms with Crippen LogP contribution in [0.3, 0.4) is 0 Å². The van der Waals surface area contributed by atoms with Gasteiger partial charge in [0, 0.05) is 36.0 Å². The van der Waals surface area contributed by atoms with Crippen LogP contribution in [0.1, 0.15) is 17.7 Å². The number of aliphatic hydroxyl groups is 1. The molecule has 0 spiro atoms. The van der Waals surface area contributed by atoms with Gasteiger partial charge in [-0.25, -0.2) is 4.98 Å². The van der Waals surface area contributed by atoms with Gasteiger partial charge in [0.2, 0.25) is 0 Å². The molecule has 1 saturated heterocycles. The Hall–Kier alpha value is -0.940. The summed E-state index contributed by atoms with van der Waals surface area (Å²) in [5.41, 5.74) is 4.24. The second-order valence-corrected chi connectivity index (χ2v) is 6.82. The summed E-state index contributed by atoms with van der Waals surface area (Å²) >= 11 is 7.56.